The summed E-state index contributed by atoms with van der Waals surface area (Å²) in [6.07, 6.45) is 1.14. The number of nitro groups is 1. The Morgan fingerprint density at radius 3 is 1.76 bits per heavy atom. The monoisotopic (exact) mass is 878 g/mol. The van der Waals surface area contributed by atoms with Gasteiger partial charge in [-0.2, -0.15) is 18.6 Å². The minimum absolute atomic E-state index is 0. The second-order valence-electron chi connectivity index (χ2n) is 11.3. The quantitative estimate of drug-likeness (QED) is 0.0270. The molecule has 59 heavy (non-hydrogen) atoms. The number of nitrogens with one attached hydrogen (secondary N) is 1. The zero-order chi connectivity index (χ0) is 40.7. The van der Waals surface area contributed by atoms with Crippen LogP contribution in [-0.4, -0.2) is 53.6 Å². The number of azo groups is 2. The van der Waals surface area contributed by atoms with Gasteiger partial charge in [-0.25, -0.2) is 19.6 Å². The summed E-state index contributed by atoms with van der Waals surface area (Å²) >= 11 is 0. The fraction of sp³-hybridized carbons (Fsp3) is 0.0571. The largest absolute Gasteiger partial charge is 1.00 e. The molecule has 0 spiro atoms. The Bertz CT molecular complexity index is 2770. The van der Waals surface area contributed by atoms with Gasteiger partial charge in [-0.15, -0.1) is 11.4 Å². The first-order chi connectivity index (χ1) is 26.6. The van der Waals surface area contributed by atoms with Crippen LogP contribution in [0.15, 0.2) is 139 Å². The van der Waals surface area contributed by atoms with Crippen LogP contribution in [0.25, 0.3) is 11.4 Å². The van der Waals surface area contributed by atoms with E-state index in [0.29, 0.717) is 22.8 Å². The summed E-state index contributed by atoms with van der Waals surface area (Å²) in [5.41, 5.74) is 0.233. The van der Waals surface area contributed by atoms with Crippen LogP contribution in [0, 0.1) is 24.0 Å². The van der Waals surface area contributed by atoms with Crippen molar-refractivity contribution in [3.05, 3.63) is 146 Å². The second-order valence-corrected chi connectivity index (χ2v) is 12.8. The van der Waals surface area contributed by atoms with Gasteiger partial charge in [0, 0.05) is 35.2 Å². The third-order valence-corrected chi connectivity index (χ3v) is 8.32. The number of carbonyl (C=O) groups is 1. The Balaban J connectivity index is 0.000000390. The zero-order valence-electron chi connectivity index (χ0n) is 31.5. The zero-order valence-corrected chi connectivity index (χ0v) is 37.6. The number of aromatic nitrogens is 4. The first-order valence-corrected chi connectivity index (χ1v) is 17.2. The molecule has 0 bridgehead atoms. The number of para-hydroxylation sites is 1. The van der Waals surface area contributed by atoms with Crippen molar-refractivity contribution in [1.29, 1.82) is 0 Å². The second kappa shape index (κ2) is 21.7. The van der Waals surface area contributed by atoms with E-state index in [1.807, 2.05) is 0 Å². The van der Waals surface area contributed by atoms with Crippen molar-refractivity contribution < 1.29 is 109 Å². The third kappa shape index (κ3) is 12.4. The van der Waals surface area contributed by atoms with Gasteiger partial charge in [-0.05, 0) is 66.7 Å². The maximum Gasteiger partial charge on any atom is 1.00 e. The molecular weight excluding hydrogens is 850 g/mol. The van der Waals surface area contributed by atoms with Crippen LogP contribution in [0.1, 0.15) is 11.4 Å². The molecule has 0 saturated carbocycles. The SMILES string of the molecule is C=CC(=O)Nc1ccc(-n2nc(C)[c-](N=Nc3cc([N+](=O)[O-])ccc3O)c2=O)cc1.Cc1nn(-c2ccccc2)c(=O)[c-]1N=Nc1cc(S(=O)(=O)O)ccc1O.[Cr].[Na+].[Na+]. The molecule has 0 radical (unpaired) electrons. The van der Waals surface area contributed by atoms with Gasteiger partial charge >= 0.3 is 59.1 Å². The minimum Gasteiger partial charge on any atom is -0.506 e. The van der Waals surface area contributed by atoms with E-state index in [4.69, 9.17) is 4.55 Å². The molecule has 4 aromatic carbocycles. The Morgan fingerprint density at radius 1 is 0.814 bits per heavy atom. The number of rotatable bonds is 10. The first kappa shape index (κ1) is 49.9. The fourth-order valence-corrected chi connectivity index (χ4v) is 5.18. The van der Waals surface area contributed by atoms with Crippen molar-refractivity contribution in [2.45, 2.75) is 18.7 Å². The summed E-state index contributed by atoms with van der Waals surface area (Å²) in [6.45, 7) is 6.50. The molecule has 0 aliphatic heterocycles. The molecule has 6 aromatic rings. The van der Waals surface area contributed by atoms with Gasteiger partial charge in [0.15, 0.2) is 0 Å². The molecule has 2 heterocycles. The van der Waals surface area contributed by atoms with Crippen molar-refractivity contribution in [2.75, 3.05) is 5.32 Å². The number of nitro benzene ring substituents is 1. The summed E-state index contributed by atoms with van der Waals surface area (Å²) < 4.78 is 33.7. The Labute approximate surface area is 389 Å². The van der Waals surface area contributed by atoms with Gasteiger partial charge in [0.2, 0.25) is 5.91 Å². The molecule has 1 amide bonds. The van der Waals surface area contributed by atoms with Crippen molar-refractivity contribution in [3.63, 3.8) is 0 Å². The number of phenolic OH excluding ortho intramolecular Hbond substituents is 2. The number of aryl methyl sites for hydroxylation is 2. The average molecular weight is 879 g/mol. The molecule has 20 nitrogen and oxygen atoms in total. The van der Waals surface area contributed by atoms with Crippen molar-refractivity contribution in [1.82, 2.24) is 19.6 Å². The molecule has 0 aliphatic carbocycles. The van der Waals surface area contributed by atoms with Crippen molar-refractivity contribution >= 4 is 50.1 Å². The van der Waals surface area contributed by atoms with Crippen LogP contribution in [0.2, 0.25) is 0 Å². The molecule has 6 rings (SSSR count). The number of aromatic hydroxyl groups is 2. The van der Waals surface area contributed by atoms with Crippen molar-refractivity contribution in [3.8, 4) is 22.9 Å². The molecule has 0 aliphatic rings. The average Bonchev–Trinajstić information content (AvgIpc) is 3.62. The van der Waals surface area contributed by atoms with E-state index in [2.05, 4.69) is 42.6 Å². The first-order valence-electron chi connectivity index (χ1n) is 15.8. The van der Waals surface area contributed by atoms with Crippen LogP contribution < -0.4 is 75.5 Å². The van der Waals surface area contributed by atoms with Gasteiger partial charge < -0.3 is 35.3 Å². The molecule has 2 aromatic heterocycles. The number of benzene rings is 4. The number of anilines is 1. The van der Waals surface area contributed by atoms with Gasteiger partial charge in [-0.3, -0.25) is 19.5 Å². The normalized spacial score (nSPS) is 10.8. The molecular formula is C35H28CrN10Na2O10S. The standard InChI is InChI=1S/C19H15N6O5.C16H13N4O5S.Cr.2Na/c1-3-17(27)20-12-4-6-13(7-5-12)24-19(28)18(11(2)23-24)22-21-15-10-14(25(29)30)8-9-16(15)26;1-10-15(16(22)20(19-10)11-5-3-2-4-6-11)18-17-13-9-12(26(23,24)25)7-8-14(13)21;;;/h3-10,26H,1H2,2H3,(H,20,27);2-9,21H,1H3,(H,23,24,25);;;/q2*-1;;2*+1. The van der Waals surface area contributed by atoms with E-state index in [-0.39, 0.29) is 128 Å². The maximum atomic E-state index is 12.7. The summed E-state index contributed by atoms with van der Waals surface area (Å²) in [7, 11) is -4.46. The third-order valence-electron chi connectivity index (χ3n) is 7.47. The Hall–Kier alpha value is -5.25. The van der Waals surface area contributed by atoms with Gasteiger partial charge in [0.1, 0.15) is 34.0 Å². The molecule has 0 saturated heterocycles. The fourth-order valence-electron chi connectivity index (χ4n) is 4.68. The summed E-state index contributed by atoms with van der Waals surface area (Å²) in [5.74, 6) is -1.05. The Kier molecular flexibility index (Phi) is 18.3. The summed E-state index contributed by atoms with van der Waals surface area (Å²) in [5, 5.41) is 56.4. The molecule has 0 fully saturated rings. The number of hydrogen-bond acceptors (Lipinski definition) is 15. The number of phenols is 2. The topological polar surface area (TPSA) is 286 Å². The predicted octanol–water partition coefficient (Wildman–Crippen LogP) is 0.0465. The van der Waals surface area contributed by atoms with Crippen LogP contribution in [0.5, 0.6) is 11.5 Å². The van der Waals surface area contributed by atoms with Crippen molar-refractivity contribution in [2.24, 2.45) is 20.5 Å². The predicted molar refractivity (Wildman–Crippen MR) is 200 cm³/mol. The van der Waals surface area contributed by atoms with E-state index >= 15 is 0 Å². The molecule has 0 unspecified atom stereocenters. The molecule has 292 valence electrons. The van der Waals surface area contributed by atoms with Crippen LogP contribution in [0.3, 0.4) is 0 Å². The Morgan fingerprint density at radius 2 is 1.29 bits per heavy atom. The van der Waals surface area contributed by atoms with E-state index < -0.39 is 31.1 Å². The van der Waals surface area contributed by atoms with E-state index in [1.165, 1.54) is 0 Å². The number of amides is 1. The number of hydrogen-bond donors (Lipinski definition) is 4. The number of carbonyl (C=O) groups excluding carboxylic acids is 1. The van der Waals surface area contributed by atoms with Gasteiger partial charge in [0.05, 0.1) is 21.2 Å². The molecule has 0 atom stereocenters. The van der Waals surface area contributed by atoms with E-state index in [9.17, 15) is 43.1 Å². The van der Waals surface area contributed by atoms with E-state index in [1.54, 1.807) is 68.4 Å². The van der Waals surface area contributed by atoms with Gasteiger partial charge in [-0.1, -0.05) is 50.0 Å². The minimum atomic E-state index is -4.46. The van der Waals surface area contributed by atoms with Crippen LogP contribution in [-0.2, 0) is 32.3 Å². The maximum absolute atomic E-state index is 12.7. The van der Waals surface area contributed by atoms with Gasteiger partial charge in [0.25, 0.3) is 15.8 Å². The van der Waals surface area contributed by atoms with E-state index in [0.717, 1.165) is 51.8 Å². The summed E-state index contributed by atoms with van der Waals surface area (Å²) in [4.78, 5) is 46.3. The molecule has 24 heteroatoms. The number of nitrogens with zero attached hydrogens (tertiary/aromatic N) is 9. The molecule has 4 N–H and O–H groups in total. The smallest absolute Gasteiger partial charge is 0.506 e. The van der Waals surface area contributed by atoms with Crippen LogP contribution in [0.4, 0.5) is 34.1 Å². The van der Waals surface area contributed by atoms with Crippen LogP contribution >= 0.6 is 0 Å². The number of non-ortho nitro benzene ring substituents is 1. The summed E-state index contributed by atoms with van der Waals surface area (Å²) in [6, 6.07) is 21.4.